The number of rotatable bonds is 4. The Balaban J connectivity index is 2.26. The highest BCUT2D eigenvalue weighted by molar-refractivity contribution is 5.98. The molecule has 0 fully saturated rings. The molecular formula is C16H14O3. The molecule has 0 atom stereocenters. The third-order valence-electron chi connectivity index (χ3n) is 2.88. The molecule has 3 nitrogen and oxygen atoms in total. The van der Waals surface area contributed by atoms with Crippen LogP contribution in [0.3, 0.4) is 0 Å². The van der Waals surface area contributed by atoms with E-state index in [0.717, 1.165) is 16.7 Å². The first-order valence-corrected chi connectivity index (χ1v) is 5.85. The number of Topliss-reactive ketones (excluding diaryl/α,β-unsaturated/α-hetero) is 1. The average Bonchev–Trinajstić information content (AvgIpc) is 2.46. The van der Waals surface area contributed by atoms with Crippen LogP contribution in [0, 0.1) is 0 Å². The lowest BCUT2D eigenvalue weighted by Gasteiger charge is -2.05. The van der Waals surface area contributed by atoms with Gasteiger partial charge in [-0.15, -0.1) is 0 Å². The monoisotopic (exact) mass is 254 g/mol. The molecule has 96 valence electrons. The van der Waals surface area contributed by atoms with E-state index in [1.807, 2.05) is 24.3 Å². The highest BCUT2D eigenvalue weighted by atomic mass is 16.5. The van der Waals surface area contributed by atoms with E-state index in [2.05, 4.69) is 6.58 Å². The van der Waals surface area contributed by atoms with Crippen molar-refractivity contribution in [2.45, 2.75) is 6.29 Å². The molecule has 0 heterocycles. The van der Waals surface area contributed by atoms with Gasteiger partial charge in [-0.3, -0.25) is 4.79 Å². The second kappa shape index (κ2) is 5.61. The molecule has 0 radical (unpaired) electrons. The summed E-state index contributed by atoms with van der Waals surface area (Å²) >= 11 is 0. The first-order valence-electron chi connectivity index (χ1n) is 5.85. The Morgan fingerprint density at radius 3 is 1.84 bits per heavy atom. The van der Waals surface area contributed by atoms with Gasteiger partial charge in [0, 0.05) is 5.56 Å². The minimum absolute atomic E-state index is 0.279. The lowest BCUT2D eigenvalue weighted by molar-refractivity contribution is -0.0195. The van der Waals surface area contributed by atoms with E-state index in [1.165, 1.54) is 0 Å². The summed E-state index contributed by atoms with van der Waals surface area (Å²) < 4.78 is 0. The van der Waals surface area contributed by atoms with Gasteiger partial charge < -0.3 is 10.2 Å². The Labute approximate surface area is 111 Å². The summed E-state index contributed by atoms with van der Waals surface area (Å²) in [5.41, 5.74) is 3.30. The number of carbonyl (C=O) groups is 1. The Morgan fingerprint density at radius 2 is 1.42 bits per heavy atom. The maximum atomic E-state index is 11.4. The Kier molecular flexibility index (Phi) is 3.90. The third-order valence-corrected chi connectivity index (χ3v) is 2.88. The van der Waals surface area contributed by atoms with Crippen molar-refractivity contribution in [2.75, 3.05) is 0 Å². The van der Waals surface area contributed by atoms with Crippen molar-refractivity contribution in [3.63, 3.8) is 0 Å². The van der Waals surface area contributed by atoms with Crippen LogP contribution in [0.2, 0.25) is 0 Å². The molecule has 0 aromatic heterocycles. The summed E-state index contributed by atoms with van der Waals surface area (Å²) in [5.74, 6) is -0.700. The Hall–Kier alpha value is -2.23. The number of aliphatic hydroxyl groups excluding tert-OH is 1. The zero-order chi connectivity index (χ0) is 13.8. The third kappa shape index (κ3) is 2.96. The van der Waals surface area contributed by atoms with E-state index in [1.54, 1.807) is 30.3 Å². The topological polar surface area (TPSA) is 57.5 Å². The largest absolute Gasteiger partial charge is 0.362 e. The lowest BCUT2D eigenvalue weighted by Crippen LogP contribution is -2.19. The van der Waals surface area contributed by atoms with Crippen LogP contribution in [0.25, 0.3) is 17.2 Å². The molecule has 0 bridgehead atoms. The molecule has 0 saturated carbocycles. The van der Waals surface area contributed by atoms with Crippen LogP contribution >= 0.6 is 0 Å². The van der Waals surface area contributed by atoms with Gasteiger partial charge in [-0.1, -0.05) is 61.2 Å². The van der Waals surface area contributed by atoms with Gasteiger partial charge in [0.15, 0.2) is 0 Å². The molecule has 3 heteroatoms. The van der Waals surface area contributed by atoms with Gasteiger partial charge in [-0.2, -0.15) is 0 Å². The molecule has 2 N–H and O–H groups in total. The summed E-state index contributed by atoms with van der Waals surface area (Å²) in [6.45, 7) is 3.70. The van der Waals surface area contributed by atoms with Crippen molar-refractivity contribution in [1.29, 1.82) is 0 Å². The second-order valence-electron chi connectivity index (χ2n) is 4.14. The maximum Gasteiger partial charge on any atom is 0.218 e. The predicted octanol–water partition coefficient (Wildman–Crippen LogP) is 2.49. The van der Waals surface area contributed by atoms with E-state index in [4.69, 9.17) is 10.2 Å². The molecule has 0 amide bonds. The molecule has 0 unspecified atom stereocenters. The lowest BCUT2D eigenvalue weighted by atomic mass is 10.0. The molecule has 2 aromatic carbocycles. The minimum atomic E-state index is -1.96. The van der Waals surface area contributed by atoms with E-state index >= 15 is 0 Å². The SMILES string of the molecule is C=Cc1ccc(-c2ccc(C(=O)C(O)O)cc2)cc1. The fourth-order valence-electron chi connectivity index (χ4n) is 1.79. The average molecular weight is 254 g/mol. The standard InChI is InChI=1S/C16H14O3/c1-2-11-3-5-12(6-4-11)13-7-9-14(10-8-13)15(17)16(18)19/h2-10,16,18-19H,1H2. The number of benzene rings is 2. The van der Waals surface area contributed by atoms with Gasteiger partial charge in [0.2, 0.25) is 12.1 Å². The molecule has 0 spiro atoms. The van der Waals surface area contributed by atoms with Gasteiger partial charge in [0.1, 0.15) is 0 Å². The summed E-state index contributed by atoms with van der Waals surface area (Å²) in [7, 11) is 0. The van der Waals surface area contributed by atoms with E-state index in [-0.39, 0.29) is 5.56 Å². The quantitative estimate of drug-likeness (QED) is 0.651. The minimum Gasteiger partial charge on any atom is -0.362 e. The van der Waals surface area contributed by atoms with Gasteiger partial charge in [-0.05, 0) is 16.7 Å². The normalized spacial score (nSPS) is 10.5. The smallest absolute Gasteiger partial charge is 0.218 e. The van der Waals surface area contributed by atoms with Crippen LogP contribution in [0.5, 0.6) is 0 Å². The summed E-state index contributed by atoms with van der Waals surface area (Å²) in [6, 6.07) is 14.6. The molecular weight excluding hydrogens is 240 g/mol. The van der Waals surface area contributed by atoms with Gasteiger partial charge in [0.05, 0.1) is 0 Å². The molecule has 2 rings (SSSR count). The van der Waals surface area contributed by atoms with Gasteiger partial charge in [0.25, 0.3) is 0 Å². The molecule has 19 heavy (non-hydrogen) atoms. The molecule has 0 aliphatic carbocycles. The number of aliphatic hydroxyl groups is 2. The Morgan fingerprint density at radius 1 is 0.947 bits per heavy atom. The summed E-state index contributed by atoms with van der Waals surface area (Å²) in [5, 5.41) is 17.6. The zero-order valence-corrected chi connectivity index (χ0v) is 10.3. The van der Waals surface area contributed by atoms with Crippen molar-refractivity contribution in [3.8, 4) is 11.1 Å². The fourth-order valence-corrected chi connectivity index (χ4v) is 1.79. The van der Waals surface area contributed by atoms with Crippen molar-refractivity contribution < 1.29 is 15.0 Å². The second-order valence-corrected chi connectivity index (χ2v) is 4.14. The van der Waals surface area contributed by atoms with E-state index < -0.39 is 12.1 Å². The maximum absolute atomic E-state index is 11.4. The molecule has 2 aromatic rings. The van der Waals surface area contributed by atoms with Crippen molar-refractivity contribution in [3.05, 3.63) is 66.2 Å². The van der Waals surface area contributed by atoms with Gasteiger partial charge in [-0.25, -0.2) is 0 Å². The Bertz CT molecular complexity index is 580. The van der Waals surface area contributed by atoms with Crippen LogP contribution in [0.4, 0.5) is 0 Å². The first-order chi connectivity index (χ1) is 9.11. The highest BCUT2D eigenvalue weighted by Gasteiger charge is 2.13. The molecule has 0 aliphatic rings. The highest BCUT2D eigenvalue weighted by Crippen LogP contribution is 2.21. The number of hydrogen-bond acceptors (Lipinski definition) is 3. The van der Waals surface area contributed by atoms with E-state index in [9.17, 15) is 4.79 Å². The zero-order valence-electron chi connectivity index (χ0n) is 10.3. The predicted molar refractivity (Wildman–Crippen MR) is 74.5 cm³/mol. The van der Waals surface area contributed by atoms with Crippen LogP contribution in [0.1, 0.15) is 15.9 Å². The van der Waals surface area contributed by atoms with Crippen molar-refractivity contribution in [1.82, 2.24) is 0 Å². The summed E-state index contributed by atoms with van der Waals surface area (Å²) in [4.78, 5) is 11.4. The molecule has 0 saturated heterocycles. The van der Waals surface area contributed by atoms with Gasteiger partial charge >= 0.3 is 0 Å². The van der Waals surface area contributed by atoms with Crippen molar-refractivity contribution >= 4 is 11.9 Å². The first kappa shape index (κ1) is 13.2. The number of ketones is 1. The van der Waals surface area contributed by atoms with Crippen molar-refractivity contribution in [2.24, 2.45) is 0 Å². The van der Waals surface area contributed by atoms with Crippen LogP contribution in [0.15, 0.2) is 55.1 Å². The number of hydrogen-bond donors (Lipinski definition) is 2. The number of carbonyl (C=O) groups excluding carboxylic acids is 1. The van der Waals surface area contributed by atoms with Crippen LogP contribution in [-0.2, 0) is 0 Å². The van der Waals surface area contributed by atoms with Crippen LogP contribution in [-0.4, -0.2) is 22.3 Å². The molecule has 0 aliphatic heterocycles. The van der Waals surface area contributed by atoms with Crippen LogP contribution < -0.4 is 0 Å². The van der Waals surface area contributed by atoms with E-state index in [0.29, 0.717) is 0 Å². The summed E-state index contributed by atoms with van der Waals surface area (Å²) in [6.07, 6.45) is -0.188. The fraction of sp³-hybridized carbons (Fsp3) is 0.0625.